The van der Waals surface area contributed by atoms with Crippen molar-refractivity contribution in [2.24, 2.45) is 5.41 Å². The molecule has 1 amide bonds. The molecule has 0 atom stereocenters. The van der Waals surface area contributed by atoms with Crippen molar-refractivity contribution in [2.75, 3.05) is 12.3 Å². The van der Waals surface area contributed by atoms with E-state index in [1.54, 1.807) is 18.2 Å². The summed E-state index contributed by atoms with van der Waals surface area (Å²) in [6.45, 7) is 0.256. The fourth-order valence-electron chi connectivity index (χ4n) is 2.23. The fourth-order valence-corrected chi connectivity index (χ4v) is 4.33. The highest BCUT2D eigenvalue weighted by molar-refractivity contribution is 7.90. The van der Waals surface area contributed by atoms with Crippen molar-refractivity contribution in [1.29, 1.82) is 0 Å². The highest BCUT2D eigenvalue weighted by Crippen LogP contribution is 2.48. The molecule has 2 aliphatic rings. The second kappa shape index (κ2) is 3.74. The first-order chi connectivity index (χ1) is 8.50. The third kappa shape index (κ3) is 1.59. The molecule has 0 radical (unpaired) electrons. The Morgan fingerprint density at radius 1 is 1.28 bits per heavy atom. The largest absolute Gasteiger partial charge is 0.269 e. The van der Waals surface area contributed by atoms with E-state index in [1.807, 2.05) is 0 Å². The van der Waals surface area contributed by atoms with Crippen molar-refractivity contribution in [3.8, 4) is 0 Å². The molecular formula is C12H13NO3S2. The predicted molar refractivity (Wildman–Crippen MR) is 70.2 cm³/mol. The van der Waals surface area contributed by atoms with Crippen LogP contribution >= 0.6 is 12.6 Å². The number of benzene rings is 1. The third-order valence-electron chi connectivity index (χ3n) is 3.68. The zero-order valence-corrected chi connectivity index (χ0v) is 11.4. The van der Waals surface area contributed by atoms with E-state index < -0.39 is 15.9 Å². The molecule has 0 spiro atoms. The summed E-state index contributed by atoms with van der Waals surface area (Å²) in [5.41, 5.74) is 0.181. The van der Waals surface area contributed by atoms with Gasteiger partial charge in [0.05, 0.1) is 5.56 Å². The minimum absolute atomic E-state index is 0.103. The standard InChI is InChI=1S/C12H13NO3S2/c14-11-9-3-1-2-4-10(9)18(15,16)13(11)7-12(8-17)5-6-12/h1-4,17H,5-8H2. The van der Waals surface area contributed by atoms with Gasteiger partial charge in [-0.15, -0.1) is 0 Å². The molecule has 1 aliphatic carbocycles. The Labute approximate surface area is 111 Å². The van der Waals surface area contributed by atoms with E-state index in [9.17, 15) is 13.2 Å². The van der Waals surface area contributed by atoms with Gasteiger partial charge in [0, 0.05) is 6.54 Å². The molecular weight excluding hydrogens is 270 g/mol. The number of sulfonamides is 1. The van der Waals surface area contributed by atoms with Crippen molar-refractivity contribution in [3.63, 3.8) is 0 Å². The Bertz CT molecular complexity index is 620. The normalized spacial score (nSPS) is 22.9. The molecule has 18 heavy (non-hydrogen) atoms. The van der Waals surface area contributed by atoms with Gasteiger partial charge in [0.2, 0.25) is 0 Å². The van der Waals surface area contributed by atoms with Gasteiger partial charge >= 0.3 is 0 Å². The van der Waals surface area contributed by atoms with Gasteiger partial charge in [-0.05, 0) is 36.1 Å². The van der Waals surface area contributed by atoms with Gasteiger partial charge in [-0.25, -0.2) is 12.7 Å². The molecule has 0 aromatic heterocycles. The Morgan fingerprint density at radius 2 is 1.94 bits per heavy atom. The van der Waals surface area contributed by atoms with E-state index >= 15 is 0 Å². The lowest BCUT2D eigenvalue weighted by Crippen LogP contribution is -2.36. The van der Waals surface area contributed by atoms with E-state index in [2.05, 4.69) is 12.6 Å². The minimum Gasteiger partial charge on any atom is -0.268 e. The van der Waals surface area contributed by atoms with E-state index in [-0.39, 0.29) is 22.4 Å². The van der Waals surface area contributed by atoms with Crippen LogP contribution in [0.4, 0.5) is 0 Å². The Hall–Kier alpha value is -1.01. The van der Waals surface area contributed by atoms with Gasteiger partial charge in [0.25, 0.3) is 15.9 Å². The monoisotopic (exact) mass is 283 g/mol. The maximum atomic E-state index is 12.3. The summed E-state index contributed by atoms with van der Waals surface area (Å²) < 4.78 is 25.6. The number of rotatable bonds is 3. The lowest BCUT2D eigenvalue weighted by molar-refractivity contribution is 0.0855. The van der Waals surface area contributed by atoms with Gasteiger partial charge in [0.15, 0.2) is 0 Å². The number of fused-ring (bicyclic) bond motifs is 1. The van der Waals surface area contributed by atoms with Crippen LogP contribution in [0.15, 0.2) is 29.2 Å². The molecule has 4 nitrogen and oxygen atoms in total. The number of thiol groups is 1. The van der Waals surface area contributed by atoms with Crippen LogP contribution in [0.2, 0.25) is 0 Å². The molecule has 1 aromatic carbocycles. The van der Waals surface area contributed by atoms with Gasteiger partial charge < -0.3 is 0 Å². The number of hydrogen-bond donors (Lipinski definition) is 1. The van der Waals surface area contributed by atoms with E-state index in [0.717, 1.165) is 17.1 Å². The van der Waals surface area contributed by atoms with Crippen molar-refractivity contribution in [3.05, 3.63) is 29.8 Å². The predicted octanol–water partition coefficient (Wildman–Crippen LogP) is 1.54. The number of carbonyl (C=O) groups excluding carboxylic acids is 1. The molecule has 0 saturated heterocycles. The van der Waals surface area contributed by atoms with Crippen LogP contribution in [-0.2, 0) is 10.0 Å². The molecule has 1 fully saturated rings. The zero-order chi connectivity index (χ0) is 13.0. The Kier molecular flexibility index (Phi) is 2.50. The van der Waals surface area contributed by atoms with Crippen LogP contribution in [0.5, 0.6) is 0 Å². The van der Waals surface area contributed by atoms with Crippen LogP contribution in [0.1, 0.15) is 23.2 Å². The molecule has 3 rings (SSSR count). The highest BCUT2D eigenvalue weighted by Gasteiger charge is 2.49. The van der Waals surface area contributed by atoms with E-state index in [1.165, 1.54) is 6.07 Å². The summed E-state index contributed by atoms with van der Waals surface area (Å²) in [5, 5.41) is 0. The first kappa shape index (κ1) is 12.0. The fraction of sp³-hybridized carbons (Fsp3) is 0.417. The second-order valence-electron chi connectivity index (χ2n) is 4.97. The van der Waals surface area contributed by atoms with Gasteiger partial charge in [-0.1, -0.05) is 12.1 Å². The molecule has 1 saturated carbocycles. The third-order valence-corrected chi connectivity index (χ3v) is 6.14. The maximum absolute atomic E-state index is 12.3. The average Bonchev–Trinajstić information content (AvgIpc) is 3.12. The smallest absolute Gasteiger partial charge is 0.268 e. The summed E-state index contributed by atoms with van der Waals surface area (Å²) in [6, 6.07) is 6.37. The number of nitrogens with zero attached hydrogens (tertiary/aromatic N) is 1. The highest BCUT2D eigenvalue weighted by atomic mass is 32.2. The van der Waals surface area contributed by atoms with Gasteiger partial charge in [-0.2, -0.15) is 12.6 Å². The summed E-state index contributed by atoms with van der Waals surface area (Å²) in [4.78, 5) is 12.3. The summed E-state index contributed by atoms with van der Waals surface area (Å²) in [6.07, 6.45) is 1.87. The SMILES string of the molecule is O=C1c2ccccc2S(=O)(=O)N1CC1(CS)CC1. The Balaban J connectivity index is 2.02. The van der Waals surface area contributed by atoms with Crippen molar-refractivity contribution >= 4 is 28.6 Å². The summed E-state index contributed by atoms with van der Waals surface area (Å²) >= 11 is 4.25. The lowest BCUT2D eigenvalue weighted by Gasteiger charge is -2.20. The van der Waals surface area contributed by atoms with Crippen LogP contribution in [-0.4, -0.2) is 30.9 Å². The molecule has 96 valence electrons. The second-order valence-corrected chi connectivity index (χ2v) is 7.12. The van der Waals surface area contributed by atoms with Crippen molar-refractivity contribution in [2.45, 2.75) is 17.7 Å². The molecule has 6 heteroatoms. The zero-order valence-electron chi connectivity index (χ0n) is 9.67. The van der Waals surface area contributed by atoms with E-state index in [4.69, 9.17) is 0 Å². The molecule has 1 heterocycles. The van der Waals surface area contributed by atoms with Crippen molar-refractivity contribution in [1.82, 2.24) is 4.31 Å². The van der Waals surface area contributed by atoms with Crippen molar-refractivity contribution < 1.29 is 13.2 Å². The number of hydrogen-bond acceptors (Lipinski definition) is 4. The molecule has 0 unspecified atom stereocenters. The topological polar surface area (TPSA) is 54.5 Å². The minimum atomic E-state index is -3.65. The average molecular weight is 283 g/mol. The lowest BCUT2D eigenvalue weighted by atomic mass is 10.1. The van der Waals surface area contributed by atoms with Crippen LogP contribution < -0.4 is 0 Å². The number of carbonyl (C=O) groups is 1. The molecule has 1 aliphatic heterocycles. The van der Waals surface area contributed by atoms with E-state index in [0.29, 0.717) is 5.75 Å². The first-order valence-corrected chi connectivity index (χ1v) is 7.84. The van der Waals surface area contributed by atoms with Crippen LogP contribution in [0.3, 0.4) is 0 Å². The molecule has 1 aromatic rings. The number of amides is 1. The molecule has 0 bridgehead atoms. The molecule has 0 N–H and O–H groups in total. The van der Waals surface area contributed by atoms with Gasteiger partial charge in [0.1, 0.15) is 4.90 Å². The summed E-state index contributed by atoms with van der Waals surface area (Å²) in [7, 11) is -3.65. The first-order valence-electron chi connectivity index (χ1n) is 5.77. The summed E-state index contributed by atoms with van der Waals surface area (Å²) in [5.74, 6) is 0.210. The Morgan fingerprint density at radius 3 is 2.50 bits per heavy atom. The van der Waals surface area contributed by atoms with Crippen LogP contribution in [0, 0.1) is 5.41 Å². The quantitative estimate of drug-likeness (QED) is 0.856. The van der Waals surface area contributed by atoms with Gasteiger partial charge in [-0.3, -0.25) is 4.79 Å². The van der Waals surface area contributed by atoms with Crippen LogP contribution in [0.25, 0.3) is 0 Å². The maximum Gasteiger partial charge on any atom is 0.269 e.